The molecular weight excluding hydrogens is 260 g/mol. The Morgan fingerprint density at radius 2 is 1.68 bits per heavy atom. The van der Waals surface area contributed by atoms with Gasteiger partial charge in [0.05, 0.1) is 11.5 Å². The normalized spacial score (nSPS) is 18.3. The lowest BCUT2D eigenvalue weighted by Gasteiger charge is -2.34. The zero-order valence-corrected chi connectivity index (χ0v) is 13.1. The molecule has 0 aliphatic carbocycles. The van der Waals surface area contributed by atoms with Crippen LogP contribution >= 0.6 is 12.2 Å². The molecule has 1 rings (SSSR count). The average Bonchev–Trinajstić information content (AvgIpc) is 2.30. The Morgan fingerprint density at radius 1 is 1.21 bits per heavy atom. The average molecular weight is 286 g/mol. The molecule has 110 valence electrons. The summed E-state index contributed by atoms with van der Waals surface area (Å²) in [6, 6.07) is 0. The molecule has 0 aromatic heterocycles. The molecule has 0 bridgehead atoms. The van der Waals surface area contributed by atoms with Gasteiger partial charge in [-0.3, -0.25) is 14.6 Å². The van der Waals surface area contributed by atoms with Gasteiger partial charge in [-0.1, -0.05) is 19.1 Å². The van der Waals surface area contributed by atoms with Gasteiger partial charge in [0.25, 0.3) is 0 Å². The van der Waals surface area contributed by atoms with Crippen molar-refractivity contribution in [2.75, 3.05) is 39.3 Å². The van der Waals surface area contributed by atoms with Crippen molar-refractivity contribution in [2.24, 2.45) is 5.73 Å². The van der Waals surface area contributed by atoms with E-state index in [-0.39, 0.29) is 11.4 Å². The van der Waals surface area contributed by atoms with Crippen LogP contribution in [0, 0.1) is 0 Å². The third kappa shape index (κ3) is 6.31. The lowest BCUT2D eigenvalue weighted by atomic mass is 10.0. The Bertz CT molecular complexity index is 325. The molecule has 1 amide bonds. The van der Waals surface area contributed by atoms with Gasteiger partial charge in [0.1, 0.15) is 0 Å². The molecule has 0 radical (unpaired) electrons. The van der Waals surface area contributed by atoms with E-state index in [4.69, 9.17) is 18.0 Å². The number of rotatable bonds is 6. The highest BCUT2D eigenvalue weighted by Crippen LogP contribution is 2.07. The summed E-state index contributed by atoms with van der Waals surface area (Å²) in [6.45, 7) is 10.9. The van der Waals surface area contributed by atoms with E-state index < -0.39 is 0 Å². The van der Waals surface area contributed by atoms with Crippen molar-refractivity contribution in [3.63, 3.8) is 0 Å². The van der Waals surface area contributed by atoms with Crippen LogP contribution in [0.2, 0.25) is 0 Å². The first-order valence-corrected chi connectivity index (χ1v) is 7.27. The number of hydrogen-bond donors (Lipinski definition) is 2. The zero-order valence-electron chi connectivity index (χ0n) is 12.2. The fourth-order valence-electron chi connectivity index (χ4n) is 2.03. The van der Waals surface area contributed by atoms with Crippen LogP contribution in [-0.4, -0.2) is 65.5 Å². The van der Waals surface area contributed by atoms with Crippen molar-refractivity contribution in [1.29, 1.82) is 0 Å². The third-order valence-electron chi connectivity index (χ3n) is 3.57. The molecule has 0 atom stereocenters. The summed E-state index contributed by atoms with van der Waals surface area (Å²) in [4.78, 5) is 16.9. The van der Waals surface area contributed by atoms with Crippen LogP contribution in [0.25, 0.3) is 0 Å². The van der Waals surface area contributed by atoms with Gasteiger partial charge in [0, 0.05) is 38.3 Å². The van der Waals surface area contributed by atoms with E-state index in [0.717, 1.165) is 32.6 Å². The third-order valence-corrected chi connectivity index (χ3v) is 3.70. The first-order valence-electron chi connectivity index (χ1n) is 6.86. The molecule has 5 nitrogen and oxygen atoms in total. The largest absolute Gasteiger partial charge is 0.392 e. The smallest absolute Gasteiger partial charge is 0.234 e. The molecule has 1 aliphatic rings. The van der Waals surface area contributed by atoms with Gasteiger partial charge >= 0.3 is 0 Å². The molecule has 0 unspecified atom stereocenters. The number of piperazine rings is 1. The molecule has 19 heavy (non-hydrogen) atoms. The maximum Gasteiger partial charge on any atom is 0.234 e. The standard InChI is InChI=1S/C13H26N4OS/c1-4-13(2,3)15-12(18)10-17-7-5-16(6-8-17)9-11(14)19/h4-10H2,1-3H3,(H2,14,19)(H,15,18). The van der Waals surface area contributed by atoms with E-state index in [1.807, 2.05) is 13.8 Å². The van der Waals surface area contributed by atoms with Gasteiger partial charge in [-0.2, -0.15) is 0 Å². The number of nitrogens with two attached hydrogens (primary N) is 1. The molecule has 3 N–H and O–H groups in total. The fourth-order valence-corrected chi connectivity index (χ4v) is 2.22. The predicted octanol–water partition coefficient (Wildman–Crippen LogP) is 0.195. The molecule has 0 spiro atoms. The van der Waals surface area contributed by atoms with Crippen LogP contribution in [0.3, 0.4) is 0 Å². The second-order valence-corrected chi connectivity index (χ2v) is 6.33. The van der Waals surface area contributed by atoms with Crippen molar-refractivity contribution in [3.05, 3.63) is 0 Å². The monoisotopic (exact) mass is 286 g/mol. The lowest BCUT2D eigenvalue weighted by molar-refractivity contribution is -0.124. The molecule has 0 aromatic rings. The van der Waals surface area contributed by atoms with Crippen LogP contribution in [-0.2, 0) is 4.79 Å². The van der Waals surface area contributed by atoms with Crippen molar-refractivity contribution < 1.29 is 4.79 Å². The second-order valence-electron chi connectivity index (χ2n) is 5.80. The highest BCUT2D eigenvalue weighted by atomic mass is 32.1. The number of hydrogen-bond acceptors (Lipinski definition) is 4. The number of carbonyl (C=O) groups excluding carboxylic acids is 1. The van der Waals surface area contributed by atoms with E-state index in [9.17, 15) is 4.79 Å². The van der Waals surface area contributed by atoms with Crippen molar-refractivity contribution in [1.82, 2.24) is 15.1 Å². The highest BCUT2D eigenvalue weighted by molar-refractivity contribution is 7.80. The molecule has 1 aliphatic heterocycles. The first-order chi connectivity index (χ1) is 8.82. The van der Waals surface area contributed by atoms with Gasteiger partial charge in [-0.05, 0) is 20.3 Å². The van der Waals surface area contributed by atoms with Crippen LogP contribution in [0.4, 0.5) is 0 Å². The molecule has 0 saturated carbocycles. The topological polar surface area (TPSA) is 61.6 Å². The van der Waals surface area contributed by atoms with Gasteiger partial charge in [-0.15, -0.1) is 0 Å². The summed E-state index contributed by atoms with van der Waals surface area (Å²) in [5.41, 5.74) is 5.42. The van der Waals surface area contributed by atoms with Gasteiger partial charge in [0.2, 0.25) is 5.91 Å². The van der Waals surface area contributed by atoms with Gasteiger partial charge in [0.15, 0.2) is 0 Å². The zero-order chi connectivity index (χ0) is 14.5. The summed E-state index contributed by atoms with van der Waals surface area (Å²) >= 11 is 4.91. The molecule has 1 heterocycles. The lowest BCUT2D eigenvalue weighted by Crippen LogP contribution is -2.53. The minimum absolute atomic E-state index is 0.106. The van der Waals surface area contributed by atoms with Crippen molar-refractivity contribution in [3.8, 4) is 0 Å². The van der Waals surface area contributed by atoms with Crippen LogP contribution in [0.15, 0.2) is 0 Å². The number of nitrogens with one attached hydrogen (secondary N) is 1. The van der Waals surface area contributed by atoms with Gasteiger partial charge < -0.3 is 11.1 Å². The predicted molar refractivity (Wildman–Crippen MR) is 82.2 cm³/mol. The maximum absolute atomic E-state index is 11.9. The number of carbonyl (C=O) groups is 1. The Hall–Kier alpha value is -0.720. The minimum atomic E-state index is -0.120. The second kappa shape index (κ2) is 7.17. The van der Waals surface area contributed by atoms with Gasteiger partial charge in [-0.25, -0.2) is 0 Å². The van der Waals surface area contributed by atoms with Crippen LogP contribution in [0.1, 0.15) is 27.2 Å². The first kappa shape index (κ1) is 16.3. The summed E-state index contributed by atoms with van der Waals surface area (Å²) in [6.07, 6.45) is 0.931. The Morgan fingerprint density at radius 3 is 2.11 bits per heavy atom. The van der Waals surface area contributed by atoms with E-state index in [0.29, 0.717) is 18.1 Å². The van der Waals surface area contributed by atoms with E-state index in [1.54, 1.807) is 0 Å². The van der Waals surface area contributed by atoms with E-state index in [1.165, 1.54) is 0 Å². The van der Waals surface area contributed by atoms with Crippen molar-refractivity contribution >= 4 is 23.1 Å². The number of amides is 1. The Kier molecular flexibility index (Phi) is 6.16. The van der Waals surface area contributed by atoms with E-state index >= 15 is 0 Å². The molecular formula is C13H26N4OS. The van der Waals surface area contributed by atoms with Crippen molar-refractivity contribution in [2.45, 2.75) is 32.7 Å². The fraction of sp³-hybridized carbons (Fsp3) is 0.846. The summed E-state index contributed by atoms with van der Waals surface area (Å²) in [5.74, 6) is 0.106. The summed E-state index contributed by atoms with van der Waals surface area (Å²) < 4.78 is 0. The number of nitrogens with zero attached hydrogens (tertiary/aromatic N) is 2. The maximum atomic E-state index is 11.9. The Balaban J connectivity index is 2.29. The molecule has 1 fully saturated rings. The molecule has 0 aromatic carbocycles. The van der Waals surface area contributed by atoms with Crippen LogP contribution in [0.5, 0.6) is 0 Å². The molecule has 1 saturated heterocycles. The van der Waals surface area contributed by atoms with E-state index in [2.05, 4.69) is 22.0 Å². The Labute approximate surface area is 121 Å². The summed E-state index contributed by atoms with van der Waals surface area (Å²) in [7, 11) is 0. The van der Waals surface area contributed by atoms with Crippen LogP contribution < -0.4 is 11.1 Å². The minimum Gasteiger partial charge on any atom is -0.392 e. The summed E-state index contributed by atoms with van der Waals surface area (Å²) in [5, 5.41) is 3.06. The SMILES string of the molecule is CCC(C)(C)NC(=O)CN1CCN(CC(N)=S)CC1. The highest BCUT2D eigenvalue weighted by Gasteiger charge is 2.22. The quantitative estimate of drug-likeness (QED) is 0.683. The number of thiocarbonyl (C=S) groups is 1. The molecule has 6 heteroatoms.